The molecule has 1 aliphatic heterocycles. The lowest BCUT2D eigenvalue weighted by Crippen LogP contribution is -2.54. The summed E-state index contributed by atoms with van der Waals surface area (Å²) in [6, 6.07) is -1.24. The van der Waals surface area contributed by atoms with Crippen LogP contribution in [0.4, 0.5) is 18.0 Å². The van der Waals surface area contributed by atoms with Gasteiger partial charge in [-0.25, -0.2) is 4.79 Å². The van der Waals surface area contributed by atoms with Crippen LogP contribution in [-0.2, 0) is 0 Å². The highest BCUT2D eigenvalue weighted by Gasteiger charge is 2.46. The number of nitrogens with zero attached hydrogens (tertiary/aromatic N) is 1. The Labute approximate surface area is 141 Å². The molecule has 0 aromatic rings. The van der Waals surface area contributed by atoms with Gasteiger partial charge in [-0.2, -0.15) is 13.2 Å². The molecule has 24 heavy (non-hydrogen) atoms. The van der Waals surface area contributed by atoms with E-state index in [1.54, 1.807) is 0 Å². The molecule has 2 aliphatic rings. The molecule has 1 aliphatic carbocycles. The molecule has 138 valence electrons. The summed E-state index contributed by atoms with van der Waals surface area (Å²) in [6.07, 6.45) is -0.807. The van der Waals surface area contributed by atoms with E-state index in [-0.39, 0.29) is 12.5 Å². The summed E-state index contributed by atoms with van der Waals surface area (Å²) in [7, 11) is 0. The predicted octanol–water partition coefficient (Wildman–Crippen LogP) is 3.45. The van der Waals surface area contributed by atoms with Crippen molar-refractivity contribution in [2.45, 2.75) is 63.7 Å². The third-order valence-corrected chi connectivity index (χ3v) is 4.92. The quantitative estimate of drug-likeness (QED) is 0.765. The summed E-state index contributed by atoms with van der Waals surface area (Å²) in [5.74, 6) is -1.42. The molecule has 1 heterocycles. The van der Waals surface area contributed by atoms with E-state index in [1.165, 1.54) is 0 Å². The molecule has 2 amide bonds. The second-order valence-electron chi connectivity index (χ2n) is 7.16. The number of carbonyl (C=O) groups is 1. The van der Waals surface area contributed by atoms with Crippen molar-refractivity contribution in [2.75, 3.05) is 19.6 Å². The number of hydrogen-bond donors (Lipinski definition) is 2. The number of nitrogens with one attached hydrogen (secondary N) is 2. The Kier molecular flexibility index (Phi) is 6.54. The average Bonchev–Trinajstić information content (AvgIpc) is 2.48. The van der Waals surface area contributed by atoms with Crippen LogP contribution in [0.15, 0.2) is 12.2 Å². The first-order chi connectivity index (χ1) is 11.3. The number of likely N-dealkylation sites (tertiary alicyclic amines) is 1. The molecular formula is C17H28F3N3O. The minimum atomic E-state index is -4.24. The van der Waals surface area contributed by atoms with Crippen LogP contribution in [0.25, 0.3) is 0 Å². The second-order valence-corrected chi connectivity index (χ2v) is 7.16. The Morgan fingerprint density at radius 3 is 2.33 bits per heavy atom. The molecule has 2 N–H and O–H groups in total. The number of halogens is 3. The second kappa shape index (κ2) is 8.23. The van der Waals surface area contributed by atoms with Crippen molar-refractivity contribution in [3.05, 3.63) is 12.2 Å². The van der Waals surface area contributed by atoms with E-state index in [0.29, 0.717) is 12.8 Å². The Morgan fingerprint density at radius 2 is 1.75 bits per heavy atom. The molecule has 0 unspecified atom stereocenters. The van der Waals surface area contributed by atoms with Gasteiger partial charge in [0.25, 0.3) is 0 Å². The highest BCUT2D eigenvalue weighted by atomic mass is 19.4. The average molecular weight is 347 g/mol. The lowest BCUT2D eigenvalue weighted by atomic mass is 9.84. The van der Waals surface area contributed by atoms with Gasteiger partial charge in [-0.05, 0) is 32.6 Å². The molecule has 0 spiro atoms. The van der Waals surface area contributed by atoms with Gasteiger partial charge in [-0.15, -0.1) is 0 Å². The first kappa shape index (κ1) is 19.1. The maximum Gasteiger partial charge on any atom is 0.393 e. The summed E-state index contributed by atoms with van der Waals surface area (Å²) in [6.45, 7) is 8.47. The van der Waals surface area contributed by atoms with Crippen molar-refractivity contribution in [3.8, 4) is 0 Å². The van der Waals surface area contributed by atoms with Crippen LogP contribution in [0.3, 0.4) is 0 Å². The third-order valence-electron chi connectivity index (χ3n) is 4.92. The summed E-state index contributed by atoms with van der Waals surface area (Å²) >= 11 is 0. The van der Waals surface area contributed by atoms with E-state index in [0.717, 1.165) is 44.5 Å². The molecule has 0 radical (unpaired) electrons. The van der Waals surface area contributed by atoms with Gasteiger partial charge in [-0.1, -0.05) is 25.0 Å². The van der Waals surface area contributed by atoms with E-state index in [4.69, 9.17) is 0 Å². The van der Waals surface area contributed by atoms with E-state index in [9.17, 15) is 18.0 Å². The fourth-order valence-electron chi connectivity index (χ4n) is 3.71. The Balaban J connectivity index is 1.77. The zero-order valence-corrected chi connectivity index (χ0v) is 14.3. The lowest BCUT2D eigenvalue weighted by Gasteiger charge is -2.35. The van der Waals surface area contributed by atoms with Crippen LogP contribution in [0, 0.1) is 5.92 Å². The molecule has 2 rings (SSSR count). The Bertz CT molecular complexity index is 445. The third kappa shape index (κ3) is 5.69. The molecule has 7 heteroatoms. The first-order valence-electron chi connectivity index (χ1n) is 8.76. The van der Waals surface area contributed by atoms with E-state index in [2.05, 4.69) is 22.1 Å². The minimum absolute atomic E-state index is 0.0271. The van der Waals surface area contributed by atoms with Gasteiger partial charge in [0.15, 0.2) is 0 Å². The zero-order valence-electron chi connectivity index (χ0n) is 14.3. The van der Waals surface area contributed by atoms with E-state index < -0.39 is 24.2 Å². The van der Waals surface area contributed by atoms with Crippen LogP contribution < -0.4 is 10.6 Å². The van der Waals surface area contributed by atoms with Gasteiger partial charge in [0.05, 0.1) is 5.92 Å². The number of hydrogen-bond acceptors (Lipinski definition) is 2. The smallest absolute Gasteiger partial charge is 0.335 e. The maximum absolute atomic E-state index is 13.1. The zero-order chi connectivity index (χ0) is 17.7. The van der Waals surface area contributed by atoms with Crippen molar-refractivity contribution >= 4 is 6.03 Å². The summed E-state index contributed by atoms with van der Waals surface area (Å²) in [4.78, 5) is 14.4. The fraction of sp³-hybridized carbons (Fsp3) is 0.824. The largest absolute Gasteiger partial charge is 0.393 e. The number of amides is 2. The molecule has 0 bridgehead atoms. The number of urea groups is 1. The molecule has 1 saturated carbocycles. The van der Waals surface area contributed by atoms with Crippen molar-refractivity contribution in [2.24, 2.45) is 5.92 Å². The van der Waals surface area contributed by atoms with Crippen LogP contribution in [0.1, 0.15) is 45.4 Å². The van der Waals surface area contributed by atoms with Gasteiger partial charge in [0.1, 0.15) is 0 Å². The molecule has 0 aromatic carbocycles. The molecule has 0 aromatic heterocycles. The summed E-state index contributed by atoms with van der Waals surface area (Å²) in [5.41, 5.74) is 1.11. The van der Waals surface area contributed by atoms with Gasteiger partial charge in [-0.3, -0.25) is 4.90 Å². The number of piperidine rings is 1. The molecule has 4 nitrogen and oxygen atoms in total. The van der Waals surface area contributed by atoms with Crippen LogP contribution in [0.2, 0.25) is 0 Å². The summed E-state index contributed by atoms with van der Waals surface area (Å²) < 4.78 is 39.2. The van der Waals surface area contributed by atoms with Gasteiger partial charge in [0.2, 0.25) is 0 Å². The molecule has 1 saturated heterocycles. The van der Waals surface area contributed by atoms with Crippen molar-refractivity contribution < 1.29 is 18.0 Å². The molecule has 2 atom stereocenters. The van der Waals surface area contributed by atoms with E-state index >= 15 is 0 Å². The van der Waals surface area contributed by atoms with Gasteiger partial charge < -0.3 is 10.6 Å². The lowest BCUT2D eigenvalue weighted by molar-refractivity contribution is -0.187. The minimum Gasteiger partial charge on any atom is -0.335 e. The standard InChI is InChI=1S/C17H28F3N3O/c1-12(2)11-23-9-7-13(8-10-23)21-16(24)22-15-6-4-3-5-14(15)17(18,19)20/h13-15H,1,3-11H2,2H3,(H2,21,22,24)/t14-,15-/m1/s1. The SMILES string of the molecule is C=C(C)CN1CCC(NC(=O)N[C@@H]2CCCC[C@H]2C(F)(F)F)CC1. The first-order valence-corrected chi connectivity index (χ1v) is 8.76. The fourth-order valence-corrected chi connectivity index (χ4v) is 3.71. The number of alkyl halides is 3. The predicted molar refractivity (Wildman–Crippen MR) is 87.7 cm³/mol. The van der Waals surface area contributed by atoms with E-state index in [1.807, 2.05) is 6.92 Å². The highest BCUT2D eigenvalue weighted by Crippen LogP contribution is 2.37. The molecular weight excluding hydrogens is 319 g/mol. The van der Waals surface area contributed by atoms with Crippen molar-refractivity contribution in [1.29, 1.82) is 0 Å². The van der Waals surface area contributed by atoms with Crippen molar-refractivity contribution in [3.63, 3.8) is 0 Å². The maximum atomic E-state index is 13.1. The number of rotatable bonds is 4. The Morgan fingerprint density at radius 1 is 1.12 bits per heavy atom. The van der Waals surface area contributed by atoms with Crippen molar-refractivity contribution in [1.82, 2.24) is 15.5 Å². The molecule has 2 fully saturated rings. The summed E-state index contributed by atoms with van der Waals surface area (Å²) in [5, 5.41) is 5.41. The number of carbonyl (C=O) groups excluding carboxylic acids is 1. The van der Waals surface area contributed by atoms with Gasteiger partial charge in [0, 0.05) is 31.7 Å². The van der Waals surface area contributed by atoms with Crippen LogP contribution >= 0.6 is 0 Å². The monoisotopic (exact) mass is 347 g/mol. The normalized spacial score (nSPS) is 26.8. The van der Waals surface area contributed by atoms with Crippen LogP contribution in [0.5, 0.6) is 0 Å². The highest BCUT2D eigenvalue weighted by molar-refractivity contribution is 5.74. The van der Waals surface area contributed by atoms with Crippen LogP contribution in [-0.4, -0.2) is 48.8 Å². The topological polar surface area (TPSA) is 44.4 Å². The van der Waals surface area contributed by atoms with Gasteiger partial charge >= 0.3 is 12.2 Å². The Hall–Kier alpha value is -1.24.